The number of allylic oxidation sites excluding steroid dienone is 1. The highest BCUT2D eigenvalue weighted by atomic mass is 19.2. The Balaban J connectivity index is 1.75. The standard InChI is InChI=1S/C19H11F2NO4/c20-16-8-3-13(11-17(16)21)18(23)9-6-15-7-10-19(26-15)12-1-4-14(5-2-12)22(24)25/h1-11H/b9-6+. The number of halogens is 2. The first-order valence-corrected chi connectivity index (χ1v) is 7.46. The van der Waals surface area contributed by atoms with Gasteiger partial charge in [-0.2, -0.15) is 0 Å². The van der Waals surface area contributed by atoms with Crippen molar-refractivity contribution in [2.45, 2.75) is 0 Å². The molecule has 0 fully saturated rings. The molecule has 0 amide bonds. The molecule has 1 aromatic heterocycles. The van der Waals surface area contributed by atoms with E-state index in [4.69, 9.17) is 4.42 Å². The number of hydrogen-bond acceptors (Lipinski definition) is 4. The maximum Gasteiger partial charge on any atom is 0.269 e. The lowest BCUT2D eigenvalue weighted by Crippen LogP contribution is -1.96. The number of nitro benzene ring substituents is 1. The third-order valence-electron chi connectivity index (χ3n) is 3.59. The monoisotopic (exact) mass is 355 g/mol. The molecule has 0 saturated carbocycles. The van der Waals surface area contributed by atoms with E-state index in [0.29, 0.717) is 17.1 Å². The molecule has 0 unspecified atom stereocenters. The summed E-state index contributed by atoms with van der Waals surface area (Å²) in [4.78, 5) is 22.1. The number of nitro groups is 1. The minimum Gasteiger partial charge on any atom is -0.457 e. The van der Waals surface area contributed by atoms with Crippen LogP contribution in [0.15, 0.2) is 65.1 Å². The molecular weight excluding hydrogens is 344 g/mol. The fourth-order valence-electron chi connectivity index (χ4n) is 2.25. The van der Waals surface area contributed by atoms with E-state index in [0.717, 1.165) is 12.1 Å². The summed E-state index contributed by atoms with van der Waals surface area (Å²) in [6.45, 7) is 0. The van der Waals surface area contributed by atoms with Crippen LogP contribution in [0.2, 0.25) is 0 Å². The van der Waals surface area contributed by atoms with Gasteiger partial charge in [0.2, 0.25) is 0 Å². The number of rotatable bonds is 5. The van der Waals surface area contributed by atoms with Crippen molar-refractivity contribution in [3.63, 3.8) is 0 Å². The molecular formula is C19H11F2NO4. The van der Waals surface area contributed by atoms with Crippen molar-refractivity contribution in [1.82, 2.24) is 0 Å². The zero-order chi connectivity index (χ0) is 18.7. The molecule has 130 valence electrons. The molecule has 26 heavy (non-hydrogen) atoms. The Bertz CT molecular complexity index is 1010. The van der Waals surface area contributed by atoms with Crippen LogP contribution in [0.3, 0.4) is 0 Å². The Labute approximate surface area is 146 Å². The number of furan rings is 1. The van der Waals surface area contributed by atoms with Gasteiger partial charge in [0.1, 0.15) is 11.5 Å². The molecule has 0 bridgehead atoms. The lowest BCUT2D eigenvalue weighted by molar-refractivity contribution is -0.384. The summed E-state index contributed by atoms with van der Waals surface area (Å²) in [5, 5.41) is 10.7. The first kappa shape index (κ1) is 17.2. The van der Waals surface area contributed by atoms with E-state index in [1.54, 1.807) is 24.3 Å². The van der Waals surface area contributed by atoms with E-state index in [2.05, 4.69) is 0 Å². The number of carbonyl (C=O) groups excluding carboxylic acids is 1. The topological polar surface area (TPSA) is 73.3 Å². The fraction of sp³-hybridized carbons (Fsp3) is 0. The molecule has 0 aliphatic carbocycles. The highest BCUT2D eigenvalue weighted by Gasteiger charge is 2.09. The summed E-state index contributed by atoms with van der Waals surface area (Å²) >= 11 is 0. The van der Waals surface area contributed by atoms with Crippen LogP contribution in [0.5, 0.6) is 0 Å². The summed E-state index contributed by atoms with van der Waals surface area (Å²) in [7, 11) is 0. The molecule has 3 rings (SSSR count). The van der Waals surface area contributed by atoms with Crippen LogP contribution >= 0.6 is 0 Å². The zero-order valence-corrected chi connectivity index (χ0v) is 13.2. The van der Waals surface area contributed by atoms with Crippen molar-refractivity contribution in [2.24, 2.45) is 0 Å². The first-order chi connectivity index (χ1) is 12.4. The second-order valence-electron chi connectivity index (χ2n) is 5.33. The average Bonchev–Trinajstić information content (AvgIpc) is 3.11. The molecule has 1 heterocycles. The first-order valence-electron chi connectivity index (χ1n) is 7.46. The normalized spacial score (nSPS) is 11.0. The predicted molar refractivity (Wildman–Crippen MR) is 90.5 cm³/mol. The van der Waals surface area contributed by atoms with Crippen LogP contribution in [0.25, 0.3) is 17.4 Å². The Morgan fingerprint density at radius 3 is 2.38 bits per heavy atom. The zero-order valence-electron chi connectivity index (χ0n) is 13.2. The van der Waals surface area contributed by atoms with Crippen molar-refractivity contribution >= 4 is 17.5 Å². The van der Waals surface area contributed by atoms with Crippen LogP contribution in [0, 0.1) is 21.7 Å². The van der Waals surface area contributed by atoms with E-state index < -0.39 is 22.3 Å². The fourth-order valence-corrected chi connectivity index (χ4v) is 2.25. The molecule has 5 nitrogen and oxygen atoms in total. The van der Waals surface area contributed by atoms with Crippen LogP contribution in [0.1, 0.15) is 16.1 Å². The molecule has 3 aromatic rings. The van der Waals surface area contributed by atoms with E-state index in [9.17, 15) is 23.7 Å². The van der Waals surface area contributed by atoms with Gasteiger partial charge >= 0.3 is 0 Å². The summed E-state index contributed by atoms with van der Waals surface area (Å²) in [6.07, 6.45) is 2.59. The molecule has 0 aliphatic heterocycles. The molecule has 7 heteroatoms. The minimum absolute atomic E-state index is 0.0160. The molecule has 0 N–H and O–H groups in total. The molecule has 0 spiro atoms. The van der Waals surface area contributed by atoms with Gasteiger partial charge in [-0.15, -0.1) is 0 Å². The van der Waals surface area contributed by atoms with Gasteiger partial charge < -0.3 is 4.42 Å². The van der Waals surface area contributed by atoms with E-state index in [1.807, 2.05) is 0 Å². The lowest BCUT2D eigenvalue weighted by atomic mass is 10.1. The Morgan fingerprint density at radius 2 is 1.73 bits per heavy atom. The Hall–Kier alpha value is -3.61. The second-order valence-corrected chi connectivity index (χ2v) is 5.33. The number of hydrogen-bond donors (Lipinski definition) is 0. The smallest absolute Gasteiger partial charge is 0.269 e. The average molecular weight is 355 g/mol. The number of carbonyl (C=O) groups is 1. The summed E-state index contributed by atoms with van der Waals surface area (Å²) in [6, 6.07) is 12.0. The van der Waals surface area contributed by atoms with Crippen LogP contribution < -0.4 is 0 Å². The van der Waals surface area contributed by atoms with E-state index >= 15 is 0 Å². The van der Waals surface area contributed by atoms with Gasteiger partial charge in [0.25, 0.3) is 5.69 Å². The highest BCUT2D eigenvalue weighted by Crippen LogP contribution is 2.25. The Morgan fingerprint density at radius 1 is 1.00 bits per heavy atom. The minimum atomic E-state index is -1.09. The number of non-ortho nitro benzene ring substituents is 1. The van der Waals surface area contributed by atoms with Crippen LogP contribution in [-0.2, 0) is 0 Å². The predicted octanol–water partition coefficient (Wildman–Crippen LogP) is 5.03. The van der Waals surface area contributed by atoms with Crippen molar-refractivity contribution in [3.05, 3.63) is 93.7 Å². The lowest BCUT2D eigenvalue weighted by Gasteiger charge is -1.97. The molecule has 0 radical (unpaired) electrons. The Kier molecular flexibility index (Phi) is 4.70. The van der Waals surface area contributed by atoms with Crippen molar-refractivity contribution in [1.29, 1.82) is 0 Å². The number of benzene rings is 2. The van der Waals surface area contributed by atoms with Gasteiger partial charge in [-0.25, -0.2) is 8.78 Å². The third-order valence-corrected chi connectivity index (χ3v) is 3.59. The van der Waals surface area contributed by atoms with Gasteiger partial charge in [-0.1, -0.05) is 0 Å². The second kappa shape index (κ2) is 7.10. The molecule has 0 atom stereocenters. The largest absolute Gasteiger partial charge is 0.457 e. The van der Waals surface area contributed by atoms with E-state index in [1.165, 1.54) is 30.4 Å². The molecule has 0 aliphatic rings. The number of nitrogens with zero attached hydrogens (tertiary/aromatic N) is 1. The van der Waals surface area contributed by atoms with Crippen molar-refractivity contribution < 1.29 is 22.9 Å². The van der Waals surface area contributed by atoms with Gasteiger partial charge in [-0.3, -0.25) is 14.9 Å². The summed E-state index contributed by atoms with van der Waals surface area (Å²) < 4.78 is 31.6. The quantitative estimate of drug-likeness (QED) is 0.278. The molecule has 0 saturated heterocycles. The van der Waals surface area contributed by atoms with E-state index in [-0.39, 0.29) is 11.3 Å². The summed E-state index contributed by atoms with van der Waals surface area (Å²) in [5.41, 5.74) is 0.627. The van der Waals surface area contributed by atoms with Crippen LogP contribution in [-0.4, -0.2) is 10.7 Å². The SMILES string of the molecule is O=C(/C=C/c1ccc(-c2ccc([N+](=O)[O-])cc2)o1)c1ccc(F)c(F)c1. The molecule has 2 aromatic carbocycles. The number of ketones is 1. The van der Waals surface area contributed by atoms with Crippen molar-refractivity contribution in [3.8, 4) is 11.3 Å². The summed E-state index contributed by atoms with van der Waals surface area (Å²) in [5.74, 6) is -1.78. The maximum atomic E-state index is 13.2. The van der Waals surface area contributed by atoms with Gasteiger partial charge in [0, 0.05) is 23.3 Å². The highest BCUT2D eigenvalue weighted by molar-refractivity contribution is 6.06. The third kappa shape index (κ3) is 3.72. The van der Waals surface area contributed by atoms with Crippen molar-refractivity contribution in [2.75, 3.05) is 0 Å². The van der Waals surface area contributed by atoms with Gasteiger partial charge in [-0.05, 0) is 54.6 Å². The maximum absolute atomic E-state index is 13.2. The van der Waals surface area contributed by atoms with Crippen LogP contribution in [0.4, 0.5) is 14.5 Å². The van der Waals surface area contributed by atoms with Gasteiger partial charge in [0.05, 0.1) is 4.92 Å². The van der Waals surface area contributed by atoms with Gasteiger partial charge in [0.15, 0.2) is 17.4 Å².